The van der Waals surface area contributed by atoms with Crippen molar-refractivity contribution in [1.29, 1.82) is 0 Å². The van der Waals surface area contributed by atoms with E-state index in [4.69, 9.17) is 0 Å². The van der Waals surface area contributed by atoms with Gasteiger partial charge >= 0.3 is 0 Å². The topological polar surface area (TPSA) is 125 Å². The van der Waals surface area contributed by atoms with Gasteiger partial charge in [-0.05, 0) is 55.3 Å². The van der Waals surface area contributed by atoms with Crippen molar-refractivity contribution in [2.75, 3.05) is 16.4 Å². The molecule has 1 fully saturated rings. The van der Waals surface area contributed by atoms with Gasteiger partial charge in [-0.15, -0.1) is 24.2 Å². The van der Waals surface area contributed by atoms with Gasteiger partial charge in [0.05, 0.1) is 27.4 Å². The molecule has 0 saturated heterocycles. The summed E-state index contributed by atoms with van der Waals surface area (Å²) in [4.78, 5) is 42.8. The molecule has 0 bridgehead atoms. The summed E-state index contributed by atoms with van der Waals surface area (Å²) in [6.07, 6.45) is 3.55. The Kier molecular flexibility index (Phi) is 7.70. The van der Waals surface area contributed by atoms with E-state index >= 15 is 0 Å². The van der Waals surface area contributed by atoms with E-state index in [2.05, 4.69) is 20.9 Å². The van der Waals surface area contributed by atoms with E-state index in [9.17, 15) is 19.5 Å². The third kappa shape index (κ3) is 5.27. The predicted molar refractivity (Wildman–Crippen MR) is 143 cm³/mol. The molecule has 2 amide bonds. The van der Waals surface area contributed by atoms with Gasteiger partial charge in [-0.3, -0.25) is 14.4 Å². The number of aliphatic hydroxyl groups is 1. The van der Waals surface area contributed by atoms with Crippen LogP contribution >= 0.6 is 24.2 Å². The summed E-state index contributed by atoms with van der Waals surface area (Å²) < 4.78 is 1.47. The molecule has 0 unspecified atom stereocenters. The Labute approximate surface area is 218 Å². The fourth-order valence-electron chi connectivity index (χ4n) is 4.60. The zero-order valence-electron chi connectivity index (χ0n) is 19.7. The molecule has 0 atom stereocenters. The number of pyridine rings is 2. The number of halogens is 1. The van der Waals surface area contributed by atoms with E-state index in [-0.39, 0.29) is 29.9 Å². The highest BCUT2D eigenvalue weighted by Crippen LogP contribution is 2.32. The summed E-state index contributed by atoms with van der Waals surface area (Å²) in [5, 5.41) is 21.3. The summed E-state index contributed by atoms with van der Waals surface area (Å²) in [5.41, 5.74) is -0.465. The van der Waals surface area contributed by atoms with Gasteiger partial charge < -0.3 is 25.6 Å². The molecule has 4 N–H and O–H groups in total. The molecule has 0 radical (unpaired) electrons. The highest BCUT2D eigenvalue weighted by Gasteiger charge is 2.40. The molecule has 1 aromatic carbocycles. The Bertz CT molecular complexity index is 1370. The summed E-state index contributed by atoms with van der Waals surface area (Å²) in [6, 6.07) is 11.1. The van der Waals surface area contributed by atoms with E-state index in [1.54, 1.807) is 25.4 Å². The zero-order valence-corrected chi connectivity index (χ0v) is 21.4. The van der Waals surface area contributed by atoms with Crippen LogP contribution in [0.1, 0.15) is 31.4 Å². The number of aryl methyl sites for hydroxylation is 1. The molecule has 9 nitrogen and oxygen atoms in total. The van der Waals surface area contributed by atoms with Crippen LogP contribution in [-0.2, 0) is 23.2 Å². The number of nitrogens with one attached hydrogen (secondary N) is 3. The van der Waals surface area contributed by atoms with Gasteiger partial charge in [0.1, 0.15) is 11.4 Å². The second-order valence-electron chi connectivity index (χ2n) is 9.13. The van der Waals surface area contributed by atoms with Crippen molar-refractivity contribution in [1.82, 2.24) is 14.9 Å². The van der Waals surface area contributed by atoms with Crippen LogP contribution in [0, 0.1) is 0 Å². The Morgan fingerprint density at radius 1 is 1.22 bits per heavy atom. The quantitative estimate of drug-likeness (QED) is 0.400. The standard InChI is InChI=1S/C25H27N5O4S.ClH/c1-30-12-9-15-3-2-4-18(21(15)23(30)32)28-24(33)25(34)10-7-16(8-11-25)26-13-17-5-6-19-22(27-17)29-20(31)14-35-19;/h2-6,9,12,16,26,34H,7-8,10-11,13-14H2,1H3,(H,28,33)(H,27,29,31);1H/t16-,25-;. The minimum Gasteiger partial charge on any atom is -0.380 e. The molecule has 2 aliphatic rings. The molecule has 36 heavy (non-hydrogen) atoms. The molecule has 3 aromatic rings. The number of amides is 2. The molecule has 11 heteroatoms. The van der Waals surface area contributed by atoms with Gasteiger partial charge in [0.2, 0.25) is 5.91 Å². The maximum Gasteiger partial charge on any atom is 0.260 e. The average Bonchev–Trinajstić information content (AvgIpc) is 2.85. The zero-order chi connectivity index (χ0) is 24.6. The lowest BCUT2D eigenvalue weighted by Crippen LogP contribution is -2.49. The maximum atomic E-state index is 13.0. The Hall–Kier alpha value is -2.92. The number of hydrogen-bond donors (Lipinski definition) is 4. The Morgan fingerprint density at radius 2 is 2.00 bits per heavy atom. The van der Waals surface area contributed by atoms with Crippen LogP contribution in [-0.4, -0.2) is 43.9 Å². The number of fused-ring (bicyclic) bond motifs is 2. The molecular formula is C25H28ClN5O4S. The molecule has 1 saturated carbocycles. The Balaban J connectivity index is 0.00000304. The number of benzene rings is 1. The highest BCUT2D eigenvalue weighted by molar-refractivity contribution is 8.00. The number of hydrogen-bond acceptors (Lipinski definition) is 7. The van der Waals surface area contributed by atoms with E-state index in [0.29, 0.717) is 54.9 Å². The van der Waals surface area contributed by atoms with E-state index < -0.39 is 11.5 Å². The second-order valence-corrected chi connectivity index (χ2v) is 10.1. The normalized spacial score (nSPS) is 21.3. The van der Waals surface area contributed by atoms with Crippen LogP contribution in [0.3, 0.4) is 0 Å². The van der Waals surface area contributed by atoms with E-state index in [1.807, 2.05) is 24.3 Å². The number of anilines is 2. The van der Waals surface area contributed by atoms with Crippen LogP contribution in [0.2, 0.25) is 0 Å². The van der Waals surface area contributed by atoms with Gasteiger partial charge in [-0.25, -0.2) is 4.98 Å². The molecule has 0 spiro atoms. The summed E-state index contributed by atoms with van der Waals surface area (Å²) in [5.74, 6) is 0.471. The first-order chi connectivity index (χ1) is 16.8. The van der Waals surface area contributed by atoms with Crippen molar-refractivity contribution in [2.45, 2.75) is 48.8 Å². The number of thioether (sulfide) groups is 1. The first-order valence-electron chi connectivity index (χ1n) is 11.6. The van der Waals surface area contributed by atoms with E-state index in [0.717, 1.165) is 16.0 Å². The average molecular weight is 530 g/mol. The monoisotopic (exact) mass is 529 g/mol. The number of aromatic nitrogens is 2. The number of rotatable bonds is 5. The van der Waals surface area contributed by atoms with Gasteiger partial charge in [-0.1, -0.05) is 12.1 Å². The predicted octanol–water partition coefficient (Wildman–Crippen LogP) is 2.80. The molecule has 1 aliphatic heterocycles. The molecule has 2 aromatic heterocycles. The third-order valence-corrected chi connectivity index (χ3v) is 7.74. The maximum absolute atomic E-state index is 13.0. The fourth-order valence-corrected chi connectivity index (χ4v) is 5.36. The van der Waals surface area contributed by atoms with E-state index in [1.165, 1.54) is 16.3 Å². The molecule has 190 valence electrons. The largest absolute Gasteiger partial charge is 0.380 e. The number of nitrogens with zero attached hydrogens (tertiary/aromatic N) is 2. The first-order valence-corrected chi connectivity index (χ1v) is 12.6. The van der Waals surface area contributed by atoms with Crippen LogP contribution in [0.5, 0.6) is 0 Å². The van der Waals surface area contributed by atoms with Crippen LogP contribution < -0.4 is 21.5 Å². The lowest BCUT2D eigenvalue weighted by molar-refractivity contribution is -0.137. The lowest BCUT2D eigenvalue weighted by atomic mass is 9.81. The highest BCUT2D eigenvalue weighted by atomic mass is 35.5. The van der Waals surface area contributed by atoms with Crippen molar-refractivity contribution in [3.8, 4) is 0 Å². The summed E-state index contributed by atoms with van der Waals surface area (Å²) >= 11 is 1.48. The number of carbonyl (C=O) groups is 2. The fraction of sp³-hybridized carbons (Fsp3) is 0.360. The third-order valence-electron chi connectivity index (χ3n) is 6.70. The van der Waals surface area contributed by atoms with Gasteiger partial charge in [-0.2, -0.15) is 0 Å². The lowest BCUT2D eigenvalue weighted by Gasteiger charge is -2.35. The van der Waals surface area contributed by atoms with Crippen molar-refractivity contribution >= 4 is 58.3 Å². The molecule has 3 heterocycles. The second kappa shape index (κ2) is 10.6. The minimum atomic E-state index is -1.49. The summed E-state index contributed by atoms with van der Waals surface area (Å²) in [7, 11) is 1.66. The van der Waals surface area contributed by atoms with Crippen molar-refractivity contribution in [2.24, 2.45) is 7.05 Å². The minimum absolute atomic E-state index is 0. The van der Waals surface area contributed by atoms with Crippen molar-refractivity contribution in [3.05, 3.63) is 58.6 Å². The summed E-state index contributed by atoms with van der Waals surface area (Å²) in [6.45, 7) is 0.530. The van der Waals surface area contributed by atoms with Crippen molar-refractivity contribution < 1.29 is 14.7 Å². The number of carbonyl (C=O) groups excluding carboxylic acids is 2. The SMILES string of the molecule is Cl.Cn1ccc2cccc(NC(=O)[C@]3(O)CC[C@H](NCc4ccc5c(n4)NC(=O)CS5)CC3)c2c1=O. The first kappa shape index (κ1) is 26.2. The van der Waals surface area contributed by atoms with Crippen LogP contribution in [0.4, 0.5) is 11.5 Å². The van der Waals surface area contributed by atoms with Gasteiger partial charge in [0.25, 0.3) is 11.5 Å². The van der Waals surface area contributed by atoms with Gasteiger partial charge in [0, 0.05) is 25.8 Å². The molecule has 1 aliphatic carbocycles. The van der Waals surface area contributed by atoms with Crippen LogP contribution in [0.25, 0.3) is 10.8 Å². The van der Waals surface area contributed by atoms with Crippen LogP contribution in [0.15, 0.2) is 52.3 Å². The molecular weight excluding hydrogens is 502 g/mol. The smallest absolute Gasteiger partial charge is 0.260 e. The molecule has 5 rings (SSSR count). The van der Waals surface area contributed by atoms with Crippen molar-refractivity contribution in [3.63, 3.8) is 0 Å². The van der Waals surface area contributed by atoms with Gasteiger partial charge in [0.15, 0.2) is 0 Å². The Morgan fingerprint density at radius 3 is 2.78 bits per heavy atom.